The molecule has 0 aliphatic rings. The van der Waals surface area contributed by atoms with Crippen molar-refractivity contribution in [2.75, 3.05) is 7.11 Å². The molecule has 0 amide bonds. The van der Waals surface area contributed by atoms with Crippen molar-refractivity contribution in [1.82, 2.24) is 0 Å². The number of methoxy groups -OCH3 is 1. The van der Waals surface area contributed by atoms with Crippen LogP contribution in [-0.4, -0.2) is 7.11 Å². The largest absolute Gasteiger partial charge is 0.495 e. The summed E-state index contributed by atoms with van der Waals surface area (Å²) >= 11 is 6.00. The molecule has 0 saturated carbocycles. The molecule has 0 aliphatic carbocycles. The van der Waals surface area contributed by atoms with E-state index < -0.39 is 0 Å². The lowest BCUT2D eigenvalue weighted by molar-refractivity contribution is 0.413. The van der Waals surface area contributed by atoms with Crippen LogP contribution in [0.25, 0.3) is 0 Å². The van der Waals surface area contributed by atoms with E-state index in [1.54, 1.807) is 7.11 Å². The molecule has 1 atom stereocenters. The molecule has 0 aliphatic heterocycles. The Labute approximate surface area is 115 Å². The number of halogens is 1. The van der Waals surface area contributed by atoms with Gasteiger partial charge >= 0.3 is 0 Å². The van der Waals surface area contributed by atoms with E-state index in [0.29, 0.717) is 10.8 Å². The molecule has 3 heteroatoms. The van der Waals surface area contributed by atoms with Crippen LogP contribution in [0.5, 0.6) is 5.75 Å². The van der Waals surface area contributed by atoms with Crippen molar-refractivity contribution >= 4 is 11.6 Å². The summed E-state index contributed by atoms with van der Waals surface area (Å²) in [5.41, 5.74) is 7.29. The van der Waals surface area contributed by atoms with Crippen LogP contribution >= 0.6 is 11.6 Å². The van der Waals surface area contributed by atoms with Gasteiger partial charge in [-0.2, -0.15) is 0 Å². The highest BCUT2D eigenvalue weighted by Crippen LogP contribution is 2.28. The molecule has 0 spiro atoms. The molecule has 102 valence electrons. The van der Waals surface area contributed by atoms with Gasteiger partial charge in [-0.3, -0.25) is 0 Å². The fourth-order valence-electron chi connectivity index (χ4n) is 2.04. The summed E-state index contributed by atoms with van der Waals surface area (Å²) < 4.78 is 5.21. The predicted molar refractivity (Wildman–Crippen MR) is 78.3 cm³/mol. The highest BCUT2D eigenvalue weighted by molar-refractivity contribution is 6.32. The Morgan fingerprint density at radius 1 is 1.22 bits per heavy atom. The van der Waals surface area contributed by atoms with Gasteiger partial charge in [0, 0.05) is 6.04 Å². The third-order valence-electron chi connectivity index (χ3n) is 3.22. The molecule has 1 rings (SSSR count). The average Bonchev–Trinajstić information content (AvgIpc) is 2.38. The summed E-state index contributed by atoms with van der Waals surface area (Å²) in [4.78, 5) is 0. The molecule has 0 radical (unpaired) electrons. The lowest BCUT2D eigenvalue weighted by Crippen LogP contribution is -2.10. The maximum absolute atomic E-state index is 6.18. The van der Waals surface area contributed by atoms with Gasteiger partial charge in [0.25, 0.3) is 0 Å². The Morgan fingerprint density at radius 2 is 1.94 bits per heavy atom. The van der Waals surface area contributed by atoms with Gasteiger partial charge < -0.3 is 10.5 Å². The van der Waals surface area contributed by atoms with Gasteiger partial charge in [-0.25, -0.2) is 0 Å². The first kappa shape index (κ1) is 15.3. The van der Waals surface area contributed by atoms with Gasteiger partial charge in [0.05, 0.1) is 12.1 Å². The van der Waals surface area contributed by atoms with Crippen LogP contribution in [0.2, 0.25) is 5.02 Å². The smallest absolute Gasteiger partial charge is 0.137 e. The fraction of sp³-hybridized carbons (Fsp3) is 0.600. The number of unbranched alkanes of at least 4 members (excludes halogenated alkanes) is 4. The monoisotopic (exact) mass is 269 g/mol. The van der Waals surface area contributed by atoms with E-state index in [0.717, 1.165) is 12.0 Å². The minimum absolute atomic E-state index is 0.0813. The van der Waals surface area contributed by atoms with Crippen LogP contribution in [0.4, 0.5) is 0 Å². The Morgan fingerprint density at radius 3 is 2.61 bits per heavy atom. The molecular formula is C15H24ClNO. The van der Waals surface area contributed by atoms with Crippen molar-refractivity contribution in [3.8, 4) is 5.75 Å². The fourth-order valence-corrected chi connectivity index (χ4v) is 2.24. The van der Waals surface area contributed by atoms with Crippen molar-refractivity contribution in [1.29, 1.82) is 0 Å². The van der Waals surface area contributed by atoms with Gasteiger partial charge in [0.1, 0.15) is 5.75 Å². The highest BCUT2D eigenvalue weighted by Gasteiger charge is 2.09. The molecular weight excluding hydrogens is 246 g/mol. The third-order valence-corrected chi connectivity index (χ3v) is 3.53. The summed E-state index contributed by atoms with van der Waals surface area (Å²) in [6, 6.07) is 5.87. The van der Waals surface area contributed by atoms with E-state index in [4.69, 9.17) is 22.1 Å². The number of ether oxygens (including phenoxy) is 1. The van der Waals surface area contributed by atoms with Gasteiger partial charge in [0.15, 0.2) is 0 Å². The summed E-state index contributed by atoms with van der Waals surface area (Å²) in [5, 5.41) is 0.636. The highest BCUT2D eigenvalue weighted by atomic mass is 35.5. The second kappa shape index (κ2) is 8.39. The molecule has 0 bridgehead atoms. The first-order valence-electron chi connectivity index (χ1n) is 6.78. The van der Waals surface area contributed by atoms with Crippen LogP contribution in [0.1, 0.15) is 57.1 Å². The number of rotatable bonds is 8. The van der Waals surface area contributed by atoms with E-state index >= 15 is 0 Å². The van der Waals surface area contributed by atoms with Crippen LogP contribution in [-0.2, 0) is 0 Å². The first-order chi connectivity index (χ1) is 8.69. The van der Waals surface area contributed by atoms with Gasteiger partial charge in [-0.15, -0.1) is 0 Å². The average molecular weight is 270 g/mol. The molecule has 1 aromatic carbocycles. The molecule has 1 unspecified atom stereocenters. The van der Waals surface area contributed by atoms with Crippen LogP contribution in [0, 0.1) is 0 Å². The summed E-state index contributed by atoms with van der Waals surface area (Å²) in [6.07, 6.45) is 7.39. The molecule has 0 saturated heterocycles. The minimum atomic E-state index is 0.0813. The number of nitrogens with two attached hydrogens (primary N) is 1. The maximum atomic E-state index is 6.18. The zero-order valence-corrected chi connectivity index (χ0v) is 12.2. The standard InChI is InChI=1S/C15H24ClNO/c1-3-4-5-6-7-8-14(17)12-9-10-13(16)15(11-12)18-2/h9-11,14H,3-8,17H2,1-2H3. The molecule has 2 N–H and O–H groups in total. The maximum Gasteiger partial charge on any atom is 0.137 e. The molecule has 18 heavy (non-hydrogen) atoms. The van der Waals surface area contributed by atoms with Crippen molar-refractivity contribution in [2.24, 2.45) is 5.73 Å². The van der Waals surface area contributed by atoms with Crippen LogP contribution < -0.4 is 10.5 Å². The molecule has 2 nitrogen and oxygen atoms in total. The molecule has 0 heterocycles. The molecule has 0 fully saturated rings. The van der Waals surface area contributed by atoms with Crippen molar-refractivity contribution < 1.29 is 4.74 Å². The van der Waals surface area contributed by atoms with Crippen molar-refractivity contribution in [2.45, 2.75) is 51.5 Å². The Hall–Kier alpha value is -0.730. The summed E-state index contributed by atoms with van der Waals surface area (Å²) in [6.45, 7) is 2.23. The van der Waals surface area contributed by atoms with E-state index in [-0.39, 0.29) is 6.04 Å². The lowest BCUT2D eigenvalue weighted by Gasteiger charge is -2.13. The quantitative estimate of drug-likeness (QED) is 0.694. The van der Waals surface area contributed by atoms with Gasteiger partial charge in [0.2, 0.25) is 0 Å². The van der Waals surface area contributed by atoms with Gasteiger partial charge in [-0.1, -0.05) is 56.7 Å². The second-order valence-electron chi connectivity index (χ2n) is 4.70. The van der Waals surface area contributed by atoms with E-state index in [2.05, 4.69) is 6.92 Å². The summed E-state index contributed by atoms with van der Waals surface area (Å²) in [7, 11) is 1.63. The Balaban J connectivity index is 2.43. The number of hydrogen-bond donors (Lipinski definition) is 1. The minimum Gasteiger partial charge on any atom is -0.495 e. The second-order valence-corrected chi connectivity index (χ2v) is 5.11. The Kier molecular flexibility index (Phi) is 7.14. The van der Waals surface area contributed by atoms with Crippen molar-refractivity contribution in [3.05, 3.63) is 28.8 Å². The van der Waals surface area contributed by atoms with Crippen molar-refractivity contribution in [3.63, 3.8) is 0 Å². The first-order valence-corrected chi connectivity index (χ1v) is 7.15. The third kappa shape index (κ3) is 4.87. The van der Waals surface area contributed by atoms with Crippen LogP contribution in [0.3, 0.4) is 0 Å². The molecule has 1 aromatic rings. The van der Waals surface area contributed by atoms with Crippen LogP contribution in [0.15, 0.2) is 18.2 Å². The lowest BCUT2D eigenvalue weighted by atomic mass is 10.0. The van der Waals surface area contributed by atoms with E-state index in [1.807, 2.05) is 18.2 Å². The van der Waals surface area contributed by atoms with E-state index in [9.17, 15) is 0 Å². The Bertz CT molecular complexity index is 354. The summed E-state index contributed by atoms with van der Waals surface area (Å²) in [5.74, 6) is 0.704. The topological polar surface area (TPSA) is 35.2 Å². The zero-order valence-electron chi connectivity index (χ0n) is 11.4. The normalized spacial score (nSPS) is 12.4. The molecule has 0 aromatic heterocycles. The van der Waals surface area contributed by atoms with E-state index in [1.165, 1.54) is 32.1 Å². The zero-order chi connectivity index (χ0) is 13.4. The predicted octanol–water partition coefficient (Wildman–Crippen LogP) is 4.71. The SMILES string of the molecule is CCCCCCCC(N)c1ccc(Cl)c(OC)c1. The number of benzene rings is 1. The number of hydrogen-bond acceptors (Lipinski definition) is 2. The van der Waals surface area contributed by atoms with Gasteiger partial charge in [-0.05, 0) is 24.1 Å².